The first kappa shape index (κ1) is 13.1. The number of ketones is 1. The molecular weight excluding hydrogens is 188 g/mol. The summed E-state index contributed by atoms with van der Waals surface area (Å²) in [6.45, 7) is 2.24. The number of aliphatic carboxylic acids is 1. The minimum atomic E-state index is -0.963. The Labute approximate surface area is 83.0 Å². The summed E-state index contributed by atoms with van der Waals surface area (Å²) in [7, 11) is 1.54. The van der Waals surface area contributed by atoms with Crippen molar-refractivity contribution in [2.75, 3.05) is 26.9 Å². The predicted molar refractivity (Wildman–Crippen MR) is 49.1 cm³/mol. The minimum Gasteiger partial charge on any atom is -0.481 e. The molecular formula is C9H16O5. The van der Waals surface area contributed by atoms with E-state index in [2.05, 4.69) is 0 Å². The molecule has 0 aliphatic carbocycles. The van der Waals surface area contributed by atoms with Gasteiger partial charge in [-0.25, -0.2) is 0 Å². The molecule has 0 heterocycles. The zero-order valence-electron chi connectivity index (χ0n) is 8.49. The van der Waals surface area contributed by atoms with Gasteiger partial charge in [0.2, 0.25) is 0 Å². The van der Waals surface area contributed by atoms with Crippen molar-refractivity contribution in [3.8, 4) is 0 Å². The fourth-order valence-corrected chi connectivity index (χ4v) is 0.816. The van der Waals surface area contributed by atoms with E-state index in [1.54, 1.807) is 0 Å². The summed E-state index contributed by atoms with van der Waals surface area (Å²) in [6, 6.07) is 0. The molecule has 1 N–H and O–H groups in total. The van der Waals surface area contributed by atoms with E-state index in [4.69, 9.17) is 14.6 Å². The van der Waals surface area contributed by atoms with Gasteiger partial charge in [-0.1, -0.05) is 6.92 Å². The van der Waals surface area contributed by atoms with Gasteiger partial charge < -0.3 is 14.6 Å². The highest BCUT2D eigenvalue weighted by Crippen LogP contribution is 2.02. The van der Waals surface area contributed by atoms with Gasteiger partial charge in [0.05, 0.1) is 19.1 Å². The molecule has 0 rings (SSSR count). The average Bonchev–Trinajstić information content (AvgIpc) is 2.12. The topological polar surface area (TPSA) is 72.8 Å². The fourth-order valence-electron chi connectivity index (χ4n) is 0.816. The smallest absolute Gasteiger partial charge is 0.306 e. The first-order valence-corrected chi connectivity index (χ1v) is 4.39. The molecule has 0 aromatic carbocycles. The van der Waals surface area contributed by atoms with Crippen molar-refractivity contribution in [2.24, 2.45) is 5.92 Å². The number of carboxylic acids is 1. The van der Waals surface area contributed by atoms with Crippen LogP contribution in [0.15, 0.2) is 0 Å². The van der Waals surface area contributed by atoms with E-state index in [-0.39, 0.29) is 18.8 Å². The van der Waals surface area contributed by atoms with Crippen LogP contribution in [0.4, 0.5) is 0 Å². The summed E-state index contributed by atoms with van der Waals surface area (Å²) in [5, 5.41) is 8.53. The molecule has 0 radical (unpaired) electrons. The van der Waals surface area contributed by atoms with Crippen LogP contribution in [0.5, 0.6) is 0 Å². The summed E-state index contributed by atoms with van der Waals surface area (Å²) in [5.41, 5.74) is 0. The van der Waals surface area contributed by atoms with Gasteiger partial charge in [-0.3, -0.25) is 9.59 Å². The molecule has 0 bridgehead atoms. The van der Waals surface area contributed by atoms with E-state index in [0.717, 1.165) is 0 Å². The summed E-state index contributed by atoms with van der Waals surface area (Å²) in [6.07, 6.45) is 0.0162. The lowest BCUT2D eigenvalue weighted by Crippen LogP contribution is -2.18. The summed E-state index contributed by atoms with van der Waals surface area (Å²) < 4.78 is 9.66. The zero-order chi connectivity index (χ0) is 11.0. The average molecular weight is 204 g/mol. The second-order valence-electron chi connectivity index (χ2n) is 3.03. The number of rotatable bonds is 8. The van der Waals surface area contributed by atoms with E-state index in [1.807, 2.05) is 0 Å². The van der Waals surface area contributed by atoms with Gasteiger partial charge in [-0.2, -0.15) is 0 Å². The maximum absolute atomic E-state index is 11.1. The van der Waals surface area contributed by atoms with E-state index in [9.17, 15) is 9.59 Å². The molecule has 0 aromatic rings. The van der Waals surface area contributed by atoms with Gasteiger partial charge in [0.1, 0.15) is 6.61 Å². The third-order valence-corrected chi connectivity index (χ3v) is 1.65. The molecule has 1 unspecified atom stereocenters. The van der Waals surface area contributed by atoms with Crippen molar-refractivity contribution in [3.63, 3.8) is 0 Å². The fraction of sp³-hybridized carbons (Fsp3) is 0.778. The SMILES string of the molecule is COCCOCC(=O)CC(C)C(=O)O. The largest absolute Gasteiger partial charge is 0.481 e. The molecule has 5 heteroatoms. The Kier molecular flexibility index (Phi) is 6.96. The Bertz CT molecular complexity index is 190. The molecule has 0 aromatic heterocycles. The maximum Gasteiger partial charge on any atom is 0.306 e. The molecule has 0 amide bonds. The van der Waals surface area contributed by atoms with Gasteiger partial charge in [0.25, 0.3) is 0 Å². The number of methoxy groups -OCH3 is 1. The Morgan fingerprint density at radius 2 is 2.00 bits per heavy atom. The molecule has 14 heavy (non-hydrogen) atoms. The Hall–Kier alpha value is -0.940. The van der Waals surface area contributed by atoms with Crippen LogP contribution in [0, 0.1) is 5.92 Å². The van der Waals surface area contributed by atoms with E-state index < -0.39 is 11.9 Å². The Morgan fingerprint density at radius 3 is 2.50 bits per heavy atom. The van der Waals surface area contributed by atoms with Crippen molar-refractivity contribution in [1.82, 2.24) is 0 Å². The van der Waals surface area contributed by atoms with Gasteiger partial charge in [0, 0.05) is 13.5 Å². The number of Topliss-reactive ketones (excluding diaryl/α,β-unsaturated/α-hetero) is 1. The highest BCUT2D eigenvalue weighted by Gasteiger charge is 2.15. The summed E-state index contributed by atoms with van der Waals surface area (Å²) >= 11 is 0. The second kappa shape index (κ2) is 7.46. The number of carboxylic acid groups (broad SMARTS) is 1. The van der Waals surface area contributed by atoms with Crippen molar-refractivity contribution in [3.05, 3.63) is 0 Å². The number of hydrogen-bond donors (Lipinski definition) is 1. The third-order valence-electron chi connectivity index (χ3n) is 1.65. The molecule has 0 aliphatic heterocycles. The van der Waals surface area contributed by atoms with Crippen molar-refractivity contribution in [1.29, 1.82) is 0 Å². The maximum atomic E-state index is 11.1. The van der Waals surface area contributed by atoms with Crippen molar-refractivity contribution < 1.29 is 24.2 Å². The highest BCUT2D eigenvalue weighted by atomic mass is 16.5. The van der Waals surface area contributed by atoms with Crippen LogP contribution in [0.3, 0.4) is 0 Å². The second-order valence-corrected chi connectivity index (χ2v) is 3.03. The third kappa shape index (κ3) is 6.56. The first-order chi connectivity index (χ1) is 6.57. The summed E-state index contributed by atoms with van der Waals surface area (Å²) in [5.74, 6) is -1.81. The normalized spacial score (nSPS) is 12.4. The lowest BCUT2D eigenvalue weighted by atomic mass is 10.1. The highest BCUT2D eigenvalue weighted by molar-refractivity contribution is 5.84. The number of carbonyl (C=O) groups is 2. The molecule has 82 valence electrons. The van der Waals surface area contributed by atoms with Crippen LogP contribution in [-0.2, 0) is 19.1 Å². The summed E-state index contributed by atoms with van der Waals surface area (Å²) in [4.78, 5) is 21.5. The molecule has 0 fully saturated rings. The Morgan fingerprint density at radius 1 is 1.36 bits per heavy atom. The van der Waals surface area contributed by atoms with Gasteiger partial charge in [-0.05, 0) is 0 Å². The van der Waals surface area contributed by atoms with E-state index >= 15 is 0 Å². The van der Waals surface area contributed by atoms with Gasteiger partial charge in [-0.15, -0.1) is 0 Å². The van der Waals surface area contributed by atoms with Crippen molar-refractivity contribution >= 4 is 11.8 Å². The monoisotopic (exact) mass is 204 g/mol. The molecule has 5 nitrogen and oxygen atoms in total. The van der Waals surface area contributed by atoms with Gasteiger partial charge >= 0.3 is 5.97 Å². The molecule has 0 spiro atoms. The predicted octanol–water partition coefficient (Wildman–Crippen LogP) is 0.329. The lowest BCUT2D eigenvalue weighted by molar-refractivity contribution is -0.143. The lowest BCUT2D eigenvalue weighted by Gasteiger charge is -2.05. The molecule has 0 saturated carbocycles. The van der Waals surface area contributed by atoms with Gasteiger partial charge in [0.15, 0.2) is 5.78 Å². The van der Waals surface area contributed by atoms with Crippen LogP contribution in [0.25, 0.3) is 0 Å². The molecule has 0 saturated heterocycles. The van der Waals surface area contributed by atoms with E-state index in [1.165, 1.54) is 14.0 Å². The minimum absolute atomic E-state index is 0.0162. The number of hydrogen-bond acceptors (Lipinski definition) is 4. The quantitative estimate of drug-likeness (QED) is 0.577. The van der Waals surface area contributed by atoms with Crippen molar-refractivity contribution in [2.45, 2.75) is 13.3 Å². The van der Waals surface area contributed by atoms with Crippen LogP contribution < -0.4 is 0 Å². The van der Waals surface area contributed by atoms with Crippen LogP contribution in [0.2, 0.25) is 0 Å². The standard InChI is InChI=1S/C9H16O5/c1-7(9(11)12)5-8(10)6-14-4-3-13-2/h7H,3-6H2,1-2H3,(H,11,12). The number of ether oxygens (including phenoxy) is 2. The first-order valence-electron chi connectivity index (χ1n) is 4.39. The zero-order valence-corrected chi connectivity index (χ0v) is 8.49. The van der Waals surface area contributed by atoms with Crippen LogP contribution in [0.1, 0.15) is 13.3 Å². The molecule has 1 atom stereocenters. The number of carbonyl (C=O) groups excluding carboxylic acids is 1. The molecule has 0 aliphatic rings. The van der Waals surface area contributed by atoms with E-state index in [0.29, 0.717) is 13.2 Å². The van der Waals surface area contributed by atoms with Crippen LogP contribution in [-0.4, -0.2) is 43.8 Å². The van der Waals surface area contributed by atoms with Crippen LogP contribution >= 0.6 is 0 Å². The Balaban J connectivity index is 3.50.